The molecule has 1 N–H and O–H groups in total. The van der Waals surface area contributed by atoms with Gasteiger partial charge in [0.15, 0.2) is 5.78 Å². The number of morpholine rings is 1. The minimum absolute atomic E-state index is 0.0898. The molecule has 0 spiro atoms. The van der Waals surface area contributed by atoms with E-state index in [-0.39, 0.29) is 23.1 Å². The number of nitrogens with one attached hydrogen (secondary N) is 1. The van der Waals surface area contributed by atoms with E-state index in [4.69, 9.17) is 4.74 Å². The summed E-state index contributed by atoms with van der Waals surface area (Å²) in [6.45, 7) is 7.27. The van der Waals surface area contributed by atoms with Crippen molar-refractivity contribution < 1.29 is 19.2 Å². The summed E-state index contributed by atoms with van der Waals surface area (Å²) >= 11 is 0. The van der Waals surface area contributed by atoms with Gasteiger partial charge in [0.2, 0.25) is 0 Å². The molecule has 0 saturated carbocycles. The van der Waals surface area contributed by atoms with Gasteiger partial charge in [-0.3, -0.25) is 24.6 Å². The van der Waals surface area contributed by atoms with E-state index in [0.29, 0.717) is 48.7 Å². The number of nitro groups is 1. The van der Waals surface area contributed by atoms with Gasteiger partial charge in [0, 0.05) is 49.6 Å². The molecule has 1 aliphatic rings. The lowest BCUT2D eigenvalue weighted by atomic mass is 9.95. The van der Waals surface area contributed by atoms with Gasteiger partial charge >= 0.3 is 0 Å². The van der Waals surface area contributed by atoms with Crippen LogP contribution >= 0.6 is 0 Å². The third-order valence-corrected chi connectivity index (χ3v) is 4.97. The molecule has 2 aromatic rings. The van der Waals surface area contributed by atoms with Gasteiger partial charge in [-0.05, 0) is 31.0 Å². The van der Waals surface area contributed by atoms with Crippen LogP contribution in [0, 0.1) is 17.0 Å². The molecule has 1 saturated heterocycles. The van der Waals surface area contributed by atoms with E-state index in [1.165, 1.54) is 25.1 Å². The number of benzene rings is 1. The summed E-state index contributed by atoms with van der Waals surface area (Å²) in [5.41, 5.74) is 1.78. The van der Waals surface area contributed by atoms with E-state index in [9.17, 15) is 19.7 Å². The number of nitrogens with zero attached hydrogens (tertiary/aromatic N) is 3. The molecule has 0 unspecified atom stereocenters. The molecular formula is C21H24N4O5. The third kappa shape index (κ3) is 5.05. The topological polar surface area (TPSA) is 115 Å². The molecule has 1 aliphatic heterocycles. The fraction of sp³-hybridized carbons (Fsp3) is 0.381. The minimum Gasteiger partial charge on any atom is -0.379 e. The van der Waals surface area contributed by atoms with Gasteiger partial charge in [-0.15, -0.1) is 0 Å². The molecule has 0 aliphatic carbocycles. The second-order valence-electron chi connectivity index (χ2n) is 7.09. The van der Waals surface area contributed by atoms with Crippen molar-refractivity contribution in [3.63, 3.8) is 0 Å². The van der Waals surface area contributed by atoms with Gasteiger partial charge in [0.25, 0.3) is 11.6 Å². The Labute approximate surface area is 174 Å². The number of hydrogen-bond donors (Lipinski definition) is 1. The zero-order chi connectivity index (χ0) is 21.7. The molecule has 158 valence electrons. The Morgan fingerprint density at radius 3 is 2.67 bits per heavy atom. The predicted octanol–water partition coefficient (Wildman–Crippen LogP) is 2.23. The Morgan fingerprint density at radius 2 is 2.00 bits per heavy atom. The van der Waals surface area contributed by atoms with E-state index in [0.717, 1.165) is 13.1 Å². The van der Waals surface area contributed by atoms with Crippen LogP contribution in [0.2, 0.25) is 0 Å². The van der Waals surface area contributed by atoms with Crippen molar-refractivity contribution in [1.29, 1.82) is 0 Å². The van der Waals surface area contributed by atoms with Crippen molar-refractivity contribution >= 4 is 17.4 Å². The number of non-ortho nitro benzene ring substituents is 1. The number of rotatable bonds is 7. The number of aromatic nitrogens is 1. The Bertz CT molecular complexity index is 970. The molecule has 2 heterocycles. The van der Waals surface area contributed by atoms with Crippen molar-refractivity contribution in [2.45, 2.75) is 13.8 Å². The number of carbonyl (C=O) groups excluding carboxylic acids is 2. The number of Topliss-reactive ketones (excluding diaryl/α,β-unsaturated/α-hetero) is 1. The molecule has 30 heavy (non-hydrogen) atoms. The van der Waals surface area contributed by atoms with Crippen LogP contribution in [0.3, 0.4) is 0 Å². The van der Waals surface area contributed by atoms with Crippen molar-refractivity contribution in [2.24, 2.45) is 0 Å². The number of ketones is 1. The first kappa shape index (κ1) is 21.5. The molecule has 1 amide bonds. The highest BCUT2D eigenvalue weighted by molar-refractivity contribution is 6.04. The lowest BCUT2D eigenvalue weighted by Gasteiger charge is -2.26. The summed E-state index contributed by atoms with van der Waals surface area (Å²) in [7, 11) is 0. The highest BCUT2D eigenvalue weighted by atomic mass is 16.6. The highest BCUT2D eigenvalue weighted by Crippen LogP contribution is 2.29. The number of hydrogen-bond acceptors (Lipinski definition) is 7. The molecule has 1 aromatic heterocycles. The molecule has 1 fully saturated rings. The van der Waals surface area contributed by atoms with Crippen LogP contribution in [0.1, 0.15) is 33.5 Å². The molecule has 0 atom stereocenters. The molecule has 3 rings (SSSR count). The monoisotopic (exact) mass is 412 g/mol. The largest absolute Gasteiger partial charge is 0.379 e. The van der Waals surface area contributed by atoms with E-state index in [1.807, 2.05) is 0 Å². The van der Waals surface area contributed by atoms with E-state index >= 15 is 0 Å². The molecule has 9 heteroatoms. The summed E-state index contributed by atoms with van der Waals surface area (Å²) in [6, 6.07) is 7.52. The first-order valence-corrected chi connectivity index (χ1v) is 9.72. The average molecular weight is 412 g/mol. The molecule has 1 aromatic carbocycles. The Morgan fingerprint density at radius 1 is 1.27 bits per heavy atom. The first-order chi connectivity index (χ1) is 14.4. The first-order valence-electron chi connectivity index (χ1n) is 9.72. The molecule has 9 nitrogen and oxygen atoms in total. The van der Waals surface area contributed by atoms with Crippen molar-refractivity contribution in [3.05, 3.63) is 57.4 Å². The minimum atomic E-state index is -0.496. The Hall–Kier alpha value is -3.17. The summed E-state index contributed by atoms with van der Waals surface area (Å²) in [4.78, 5) is 42.0. The quantitative estimate of drug-likeness (QED) is 0.421. The van der Waals surface area contributed by atoms with Crippen molar-refractivity contribution in [3.8, 4) is 11.1 Å². The van der Waals surface area contributed by atoms with Gasteiger partial charge in [-0.25, -0.2) is 4.98 Å². The third-order valence-electron chi connectivity index (χ3n) is 4.97. The lowest BCUT2D eigenvalue weighted by molar-refractivity contribution is -0.384. The fourth-order valence-electron chi connectivity index (χ4n) is 3.49. The number of pyridine rings is 1. The molecular weight excluding hydrogens is 388 g/mol. The Kier molecular flexibility index (Phi) is 6.86. The normalized spacial score (nSPS) is 14.3. The van der Waals surface area contributed by atoms with Gasteiger partial charge in [0.1, 0.15) is 5.69 Å². The van der Waals surface area contributed by atoms with Crippen LogP contribution < -0.4 is 5.32 Å². The summed E-state index contributed by atoms with van der Waals surface area (Å²) in [6.07, 6.45) is 0. The van der Waals surface area contributed by atoms with Crippen LogP contribution in [0.25, 0.3) is 11.1 Å². The Balaban J connectivity index is 1.85. The van der Waals surface area contributed by atoms with Crippen molar-refractivity contribution in [1.82, 2.24) is 15.2 Å². The highest BCUT2D eigenvalue weighted by Gasteiger charge is 2.20. The summed E-state index contributed by atoms with van der Waals surface area (Å²) in [5.74, 6) is -0.575. The maximum atomic E-state index is 12.7. The zero-order valence-corrected chi connectivity index (χ0v) is 17.0. The number of amides is 1. The average Bonchev–Trinajstić information content (AvgIpc) is 2.73. The van der Waals surface area contributed by atoms with Crippen LogP contribution in [0.5, 0.6) is 0 Å². The van der Waals surface area contributed by atoms with Crippen LogP contribution in [-0.4, -0.2) is 65.9 Å². The molecule has 0 bridgehead atoms. The zero-order valence-electron chi connectivity index (χ0n) is 17.0. The standard InChI is InChI=1S/C21H24N4O5/c1-14-20(15(2)26)18(16-4-3-5-17(12-16)25(28)29)13-19(23-14)21(27)22-6-7-24-8-10-30-11-9-24/h3-5,12-13H,6-11H2,1-2H3,(H,22,27). The summed E-state index contributed by atoms with van der Waals surface area (Å²) in [5, 5.41) is 14.0. The van der Waals surface area contributed by atoms with Gasteiger partial charge in [-0.2, -0.15) is 0 Å². The number of nitro benzene ring substituents is 1. The van der Waals surface area contributed by atoms with Gasteiger partial charge in [0.05, 0.1) is 18.1 Å². The van der Waals surface area contributed by atoms with Gasteiger partial charge < -0.3 is 10.1 Å². The van der Waals surface area contributed by atoms with E-state index in [1.54, 1.807) is 19.1 Å². The van der Waals surface area contributed by atoms with Crippen LogP contribution in [0.4, 0.5) is 5.69 Å². The second kappa shape index (κ2) is 9.55. The van der Waals surface area contributed by atoms with E-state index in [2.05, 4.69) is 15.2 Å². The molecule has 0 radical (unpaired) electrons. The lowest BCUT2D eigenvalue weighted by Crippen LogP contribution is -2.41. The van der Waals surface area contributed by atoms with Crippen molar-refractivity contribution in [2.75, 3.05) is 39.4 Å². The SMILES string of the molecule is CC(=O)c1c(-c2cccc([N+](=O)[O-])c2)cc(C(=O)NCCN2CCOCC2)nc1C. The maximum absolute atomic E-state index is 12.7. The van der Waals surface area contributed by atoms with E-state index < -0.39 is 4.92 Å². The van der Waals surface area contributed by atoms with Crippen LogP contribution in [-0.2, 0) is 4.74 Å². The second-order valence-corrected chi connectivity index (χ2v) is 7.09. The summed E-state index contributed by atoms with van der Waals surface area (Å²) < 4.78 is 5.31. The van der Waals surface area contributed by atoms with Crippen LogP contribution in [0.15, 0.2) is 30.3 Å². The number of carbonyl (C=O) groups is 2. The smallest absolute Gasteiger partial charge is 0.270 e. The number of aryl methyl sites for hydroxylation is 1. The number of ether oxygens (including phenoxy) is 1. The van der Waals surface area contributed by atoms with Gasteiger partial charge in [-0.1, -0.05) is 12.1 Å². The predicted molar refractivity (Wildman–Crippen MR) is 111 cm³/mol. The maximum Gasteiger partial charge on any atom is 0.270 e. The fourth-order valence-corrected chi connectivity index (χ4v) is 3.49.